The van der Waals surface area contributed by atoms with Crippen molar-refractivity contribution in [3.63, 3.8) is 0 Å². The Labute approximate surface area is 140 Å². The van der Waals surface area contributed by atoms with Crippen molar-refractivity contribution in [1.29, 1.82) is 0 Å². The summed E-state index contributed by atoms with van der Waals surface area (Å²) < 4.78 is 1.21. The van der Waals surface area contributed by atoms with Crippen LogP contribution in [-0.4, -0.2) is 16.9 Å². The zero-order chi connectivity index (χ0) is 15.6. The van der Waals surface area contributed by atoms with Crippen molar-refractivity contribution >= 4 is 27.5 Å². The van der Waals surface area contributed by atoms with Gasteiger partial charge in [-0.2, -0.15) is 0 Å². The lowest BCUT2D eigenvalue weighted by Gasteiger charge is -2.27. The van der Waals surface area contributed by atoms with Gasteiger partial charge in [0.05, 0.1) is 21.1 Å². The fraction of sp³-hybridized carbons (Fsp3) is 0.474. The molecular formula is C19H22N2OS. The van der Waals surface area contributed by atoms with E-state index in [0.29, 0.717) is 6.04 Å². The van der Waals surface area contributed by atoms with Crippen molar-refractivity contribution in [2.45, 2.75) is 50.5 Å². The Morgan fingerprint density at radius 1 is 1.13 bits per heavy atom. The number of hydrogen-bond acceptors (Lipinski definition) is 3. The van der Waals surface area contributed by atoms with E-state index >= 15 is 0 Å². The smallest absolute Gasteiger partial charge is 0.224 e. The van der Waals surface area contributed by atoms with Gasteiger partial charge in [0.2, 0.25) is 5.91 Å². The molecule has 120 valence electrons. The van der Waals surface area contributed by atoms with E-state index in [2.05, 4.69) is 35.7 Å². The first-order chi connectivity index (χ1) is 11.3. The highest BCUT2D eigenvalue weighted by Crippen LogP contribution is 2.38. The van der Waals surface area contributed by atoms with Gasteiger partial charge in [-0.25, -0.2) is 4.98 Å². The molecule has 1 amide bonds. The second-order valence-electron chi connectivity index (χ2n) is 6.67. The fourth-order valence-corrected chi connectivity index (χ4v) is 4.95. The number of thiazole rings is 1. The summed E-state index contributed by atoms with van der Waals surface area (Å²) in [5.41, 5.74) is 1.05. The highest BCUT2D eigenvalue weighted by atomic mass is 32.1. The number of nitrogens with zero attached hydrogens (tertiary/aromatic N) is 1. The first kappa shape index (κ1) is 14.9. The predicted octanol–water partition coefficient (Wildman–Crippen LogP) is 4.40. The van der Waals surface area contributed by atoms with E-state index in [9.17, 15) is 4.79 Å². The van der Waals surface area contributed by atoms with Crippen molar-refractivity contribution in [3.8, 4) is 0 Å². The van der Waals surface area contributed by atoms with Crippen molar-refractivity contribution in [2.24, 2.45) is 5.92 Å². The number of hydrogen-bond donors (Lipinski definition) is 1. The maximum Gasteiger partial charge on any atom is 0.224 e. The normalized spacial score (nSPS) is 25.0. The Balaban J connectivity index is 1.57. The molecule has 0 unspecified atom stereocenters. The number of para-hydroxylation sites is 1. The lowest BCUT2D eigenvalue weighted by molar-refractivity contribution is -0.126. The van der Waals surface area contributed by atoms with Gasteiger partial charge in [0.15, 0.2) is 0 Å². The molecular weight excluding hydrogens is 304 g/mol. The van der Waals surface area contributed by atoms with Gasteiger partial charge in [0, 0.05) is 12.0 Å². The van der Waals surface area contributed by atoms with Gasteiger partial charge < -0.3 is 5.32 Å². The van der Waals surface area contributed by atoms with E-state index in [-0.39, 0.29) is 17.7 Å². The summed E-state index contributed by atoms with van der Waals surface area (Å²) in [6, 6.07) is 8.64. The molecule has 2 atom stereocenters. The van der Waals surface area contributed by atoms with Crippen LogP contribution in [0.2, 0.25) is 0 Å². The number of aromatic nitrogens is 1. The molecule has 2 aliphatic carbocycles. The molecule has 0 aliphatic heterocycles. The van der Waals surface area contributed by atoms with Crippen LogP contribution in [0.15, 0.2) is 36.4 Å². The SMILES string of the molecule is O=C(NC1CCCC1)[C@@H]1CC=CC[C@H]1c1nc2ccccc2s1. The van der Waals surface area contributed by atoms with Gasteiger partial charge in [0.1, 0.15) is 0 Å². The topological polar surface area (TPSA) is 42.0 Å². The van der Waals surface area contributed by atoms with Crippen LogP contribution in [0.1, 0.15) is 49.5 Å². The number of amides is 1. The second-order valence-corrected chi connectivity index (χ2v) is 7.73. The highest BCUT2D eigenvalue weighted by molar-refractivity contribution is 7.18. The van der Waals surface area contributed by atoms with Gasteiger partial charge in [-0.15, -0.1) is 11.3 Å². The predicted molar refractivity (Wildman–Crippen MR) is 94.6 cm³/mol. The number of carbonyl (C=O) groups is 1. The van der Waals surface area contributed by atoms with Crippen LogP contribution >= 0.6 is 11.3 Å². The number of allylic oxidation sites excluding steroid dienone is 2. The average Bonchev–Trinajstić information content (AvgIpc) is 3.23. The Bertz CT molecular complexity index is 697. The number of fused-ring (bicyclic) bond motifs is 1. The fourth-order valence-electron chi connectivity index (χ4n) is 3.80. The first-order valence-corrected chi connectivity index (χ1v) is 9.44. The molecule has 1 N–H and O–H groups in total. The molecule has 2 aromatic rings. The van der Waals surface area contributed by atoms with Crippen LogP contribution in [0.5, 0.6) is 0 Å². The van der Waals surface area contributed by atoms with Crippen LogP contribution in [0, 0.1) is 5.92 Å². The van der Waals surface area contributed by atoms with Gasteiger partial charge >= 0.3 is 0 Å². The van der Waals surface area contributed by atoms with E-state index in [1.165, 1.54) is 17.5 Å². The van der Waals surface area contributed by atoms with E-state index in [1.807, 2.05) is 6.07 Å². The Morgan fingerprint density at radius 3 is 2.74 bits per heavy atom. The van der Waals surface area contributed by atoms with E-state index < -0.39 is 0 Å². The molecule has 4 rings (SSSR count). The van der Waals surface area contributed by atoms with Gasteiger partial charge in [0.25, 0.3) is 0 Å². The van der Waals surface area contributed by atoms with Crippen molar-refractivity contribution in [1.82, 2.24) is 10.3 Å². The maximum atomic E-state index is 12.8. The molecule has 23 heavy (non-hydrogen) atoms. The summed E-state index contributed by atoms with van der Waals surface area (Å²) in [4.78, 5) is 17.6. The van der Waals surface area contributed by atoms with Crippen molar-refractivity contribution in [3.05, 3.63) is 41.4 Å². The molecule has 0 bridgehead atoms. The third kappa shape index (κ3) is 3.05. The number of benzene rings is 1. The monoisotopic (exact) mass is 326 g/mol. The van der Waals surface area contributed by atoms with Crippen LogP contribution in [0.3, 0.4) is 0 Å². The summed E-state index contributed by atoms with van der Waals surface area (Å²) in [6.07, 6.45) is 10.9. The van der Waals surface area contributed by atoms with Gasteiger partial charge in [-0.3, -0.25) is 4.79 Å². The second kappa shape index (κ2) is 6.44. The minimum absolute atomic E-state index is 0.0289. The van der Waals surface area contributed by atoms with Crippen LogP contribution in [0.25, 0.3) is 10.2 Å². The minimum Gasteiger partial charge on any atom is -0.353 e. The number of nitrogens with one attached hydrogen (secondary N) is 1. The molecule has 1 aromatic carbocycles. The standard InChI is InChI=1S/C19H22N2OS/c22-18(20-13-7-1-2-8-13)14-9-3-4-10-15(14)19-21-16-11-5-6-12-17(16)23-19/h3-6,11-15H,1-2,7-10H2,(H,20,22)/t14-,15-/m1/s1. The lowest BCUT2D eigenvalue weighted by atomic mass is 9.82. The zero-order valence-corrected chi connectivity index (χ0v) is 14.0. The number of carbonyl (C=O) groups excluding carboxylic acids is 1. The van der Waals surface area contributed by atoms with Crippen molar-refractivity contribution < 1.29 is 4.79 Å². The summed E-state index contributed by atoms with van der Waals surface area (Å²) in [7, 11) is 0. The third-order valence-corrected chi connectivity index (χ3v) is 6.27. The molecule has 1 fully saturated rings. The van der Waals surface area contributed by atoms with Crippen LogP contribution in [-0.2, 0) is 4.79 Å². The third-order valence-electron chi connectivity index (χ3n) is 5.10. The molecule has 1 heterocycles. The molecule has 1 aromatic heterocycles. The number of rotatable bonds is 3. The minimum atomic E-state index is 0.0289. The van der Waals surface area contributed by atoms with Gasteiger partial charge in [-0.05, 0) is 37.8 Å². The first-order valence-electron chi connectivity index (χ1n) is 8.62. The summed E-state index contributed by atoms with van der Waals surface area (Å²) >= 11 is 1.74. The molecule has 0 saturated heterocycles. The lowest BCUT2D eigenvalue weighted by Crippen LogP contribution is -2.40. The molecule has 3 nitrogen and oxygen atoms in total. The zero-order valence-electron chi connectivity index (χ0n) is 13.2. The Hall–Kier alpha value is -1.68. The van der Waals surface area contributed by atoms with E-state index in [1.54, 1.807) is 11.3 Å². The molecule has 4 heteroatoms. The van der Waals surface area contributed by atoms with Crippen LogP contribution in [0.4, 0.5) is 0 Å². The Kier molecular flexibility index (Phi) is 4.17. The van der Waals surface area contributed by atoms with Crippen LogP contribution < -0.4 is 5.32 Å². The maximum absolute atomic E-state index is 12.8. The summed E-state index contributed by atoms with van der Waals surface area (Å²) in [5, 5.41) is 4.40. The van der Waals surface area contributed by atoms with E-state index in [4.69, 9.17) is 4.98 Å². The molecule has 2 aliphatic rings. The van der Waals surface area contributed by atoms with Crippen molar-refractivity contribution in [2.75, 3.05) is 0 Å². The Morgan fingerprint density at radius 2 is 1.91 bits per heavy atom. The highest BCUT2D eigenvalue weighted by Gasteiger charge is 2.33. The van der Waals surface area contributed by atoms with E-state index in [0.717, 1.165) is 36.2 Å². The summed E-state index contributed by atoms with van der Waals surface area (Å²) in [6.45, 7) is 0. The molecule has 1 saturated carbocycles. The summed E-state index contributed by atoms with van der Waals surface area (Å²) in [5.74, 6) is 0.477. The average molecular weight is 326 g/mol. The molecule has 0 spiro atoms. The quantitative estimate of drug-likeness (QED) is 0.849. The van der Waals surface area contributed by atoms with Gasteiger partial charge in [-0.1, -0.05) is 37.1 Å². The molecule has 0 radical (unpaired) electrons. The largest absolute Gasteiger partial charge is 0.353 e.